The number of aliphatic hydroxyl groups excluding tert-OH is 1. The molecule has 0 heterocycles. The minimum Gasteiger partial charge on any atom is -0.396 e. The van der Waals surface area contributed by atoms with Crippen molar-refractivity contribution in [1.82, 2.24) is 4.72 Å². The Morgan fingerprint density at radius 1 is 1.25 bits per heavy atom. The summed E-state index contributed by atoms with van der Waals surface area (Å²) in [5.41, 5.74) is 0. The lowest BCUT2D eigenvalue weighted by Crippen LogP contribution is -2.30. The molecule has 0 fully saturated rings. The van der Waals surface area contributed by atoms with Crippen molar-refractivity contribution in [2.45, 2.75) is 31.1 Å². The van der Waals surface area contributed by atoms with Gasteiger partial charge in [0.25, 0.3) is 0 Å². The predicted octanol–water partition coefficient (Wildman–Crippen LogP) is 2.04. The number of nitrogens with one attached hydrogen (secondary N) is 1. The average molecular weight is 307 g/mol. The van der Waals surface area contributed by atoms with E-state index in [0.717, 1.165) is 25.0 Å². The topological polar surface area (TPSA) is 66.4 Å². The van der Waals surface area contributed by atoms with E-state index in [1.54, 1.807) is 0 Å². The summed E-state index contributed by atoms with van der Waals surface area (Å²) in [6.07, 6.45) is 2.15. The van der Waals surface area contributed by atoms with Crippen LogP contribution >= 0.6 is 0 Å². The molecule has 1 aromatic rings. The molecule has 114 valence electrons. The molecule has 0 bridgehead atoms. The van der Waals surface area contributed by atoms with Crippen LogP contribution in [0.5, 0.6) is 0 Å². The molecular weight excluding hydrogens is 288 g/mol. The van der Waals surface area contributed by atoms with E-state index in [2.05, 4.69) is 4.72 Å². The number of sulfonamides is 1. The lowest BCUT2D eigenvalue weighted by Gasteiger charge is -2.15. The normalized spacial score (nSPS) is 13.4. The van der Waals surface area contributed by atoms with E-state index >= 15 is 0 Å². The molecule has 0 radical (unpaired) electrons. The highest BCUT2D eigenvalue weighted by Gasteiger charge is 2.18. The molecule has 0 aliphatic rings. The zero-order valence-electron chi connectivity index (χ0n) is 11.3. The Morgan fingerprint density at radius 3 is 2.50 bits per heavy atom. The van der Waals surface area contributed by atoms with Crippen molar-refractivity contribution in [2.75, 3.05) is 13.2 Å². The molecule has 0 aromatic heterocycles. The minimum atomic E-state index is -3.87. The van der Waals surface area contributed by atoms with Gasteiger partial charge in [-0.2, -0.15) is 0 Å². The summed E-state index contributed by atoms with van der Waals surface area (Å²) in [6.45, 7) is 2.11. The molecule has 2 N–H and O–H groups in total. The highest BCUT2D eigenvalue weighted by Crippen LogP contribution is 2.15. The lowest BCUT2D eigenvalue weighted by molar-refractivity contribution is 0.251. The first kappa shape index (κ1) is 17.0. The molecule has 20 heavy (non-hydrogen) atoms. The van der Waals surface area contributed by atoms with Gasteiger partial charge in [0.1, 0.15) is 0 Å². The van der Waals surface area contributed by atoms with Crippen LogP contribution in [0, 0.1) is 17.6 Å². The van der Waals surface area contributed by atoms with Crippen LogP contribution in [0.15, 0.2) is 23.1 Å². The van der Waals surface area contributed by atoms with E-state index in [4.69, 9.17) is 5.11 Å². The first-order chi connectivity index (χ1) is 9.40. The van der Waals surface area contributed by atoms with Crippen LogP contribution in [0.25, 0.3) is 0 Å². The van der Waals surface area contributed by atoms with Gasteiger partial charge in [-0.3, -0.25) is 0 Å². The van der Waals surface area contributed by atoms with Crippen LogP contribution < -0.4 is 4.72 Å². The fourth-order valence-corrected chi connectivity index (χ4v) is 3.02. The monoisotopic (exact) mass is 307 g/mol. The van der Waals surface area contributed by atoms with Gasteiger partial charge >= 0.3 is 0 Å². The second kappa shape index (κ2) is 7.66. The van der Waals surface area contributed by atoms with Crippen molar-refractivity contribution in [1.29, 1.82) is 0 Å². The number of halogens is 2. The van der Waals surface area contributed by atoms with Gasteiger partial charge in [-0.25, -0.2) is 21.9 Å². The summed E-state index contributed by atoms with van der Waals surface area (Å²) >= 11 is 0. The molecule has 7 heteroatoms. The minimum absolute atomic E-state index is 0.0163. The second-order valence-corrected chi connectivity index (χ2v) is 6.36. The summed E-state index contributed by atoms with van der Waals surface area (Å²) in [7, 11) is -3.87. The number of benzene rings is 1. The van der Waals surface area contributed by atoms with Gasteiger partial charge in [-0.15, -0.1) is 0 Å². The second-order valence-electron chi connectivity index (χ2n) is 4.59. The van der Waals surface area contributed by atoms with Gasteiger partial charge in [-0.05, 0) is 37.0 Å². The third-order valence-electron chi connectivity index (χ3n) is 3.00. The zero-order chi connectivity index (χ0) is 15.2. The summed E-state index contributed by atoms with van der Waals surface area (Å²) < 4.78 is 52.1. The molecule has 0 spiro atoms. The first-order valence-corrected chi connectivity index (χ1v) is 7.94. The predicted molar refractivity (Wildman–Crippen MR) is 71.6 cm³/mol. The van der Waals surface area contributed by atoms with Crippen LogP contribution in [0.1, 0.15) is 26.2 Å². The van der Waals surface area contributed by atoms with Crippen molar-refractivity contribution in [3.05, 3.63) is 29.8 Å². The van der Waals surface area contributed by atoms with Crippen LogP contribution in [-0.2, 0) is 10.0 Å². The third kappa shape index (κ3) is 4.81. The molecular formula is C13H19F2NO3S. The molecule has 1 unspecified atom stereocenters. The molecule has 4 nitrogen and oxygen atoms in total. The number of aliphatic hydroxyl groups is 1. The number of rotatable bonds is 8. The third-order valence-corrected chi connectivity index (χ3v) is 4.42. The van der Waals surface area contributed by atoms with E-state index < -0.39 is 21.7 Å². The van der Waals surface area contributed by atoms with Crippen LogP contribution in [-0.4, -0.2) is 26.7 Å². The highest BCUT2D eigenvalue weighted by molar-refractivity contribution is 7.89. The number of hydrogen-bond acceptors (Lipinski definition) is 3. The van der Waals surface area contributed by atoms with Crippen molar-refractivity contribution in [3.63, 3.8) is 0 Å². The zero-order valence-corrected chi connectivity index (χ0v) is 12.1. The Morgan fingerprint density at radius 2 is 1.95 bits per heavy atom. The summed E-state index contributed by atoms with van der Waals surface area (Å²) in [6, 6.07) is 2.45. The highest BCUT2D eigenvalue weighted by atomic mass is 32.2. The molecule has 0 saturated heterocycles. The molecule has 0 saturated carbocycles. The van der Waals surface area contributed by atoms with Crippen LogP contribution in [0.4, 0.5) is 8.78 Å². The van der Waals surface area contributed by atoms with Crippen molar-refractivity contribution < 1.29 is 22.3 Å². The Balaban J connectivity index is 2.75. The van der Waals surface area contributed by atoms with E-state index in [1.165, 1.54) is 0 Å². The largest absolute Gasteiger partial charge is 0.396 e. The van der Waals surface area contributed by atoms with Gasteiger partial charge in [0.15, 0.2) is 11.6 Å². The van der Waals surface area contributed by atoms with Gasteiger partial charge in [0, 0.05) is 13.2 Å². The smallest absolute Gasteiger partial charge is 0.240 e. The Labute approximate surface area is 117 Å². The first-order valence-electron chi connectivity index (χ1n) is 6.46. The average Bonchev–Trinajstić information content (AvgIpc) is 2.39. The van der Waals surface area contributed by atoms with Gasteiger partial charge in [0.2, 0.25) is 10.0 Å². The Kier molecular flexibility index (Phi) is 6.51. The molecule has 1 atom stereocenters. The summed E-state index contributed by atoms with van der Waals surface area (Å²) in [5, 5.41) is 8.91. The Bertz CT molecular complexity index is 528. The summed E-state index contributed by atoms with van der Waals surface area (Å²) in [5.74, 6) is -2.27. The van der Waals surface area contributed by atoms with Crippen LogP contribution in [0.3, 0.4) is 0 Å². The molecule has 1 aromatic carbocycles. The molecule has 0 aliphatic carbocycles. The van der Waals surface area contributed by atoms with E-state index in [9.17, 15) is 17.2 Å². The lowest BCUT2D eigenvalue weighted by atomic mass is 10.0. The SMILES string of the molecule is CCCC(CCO)CNS(=O)(=O)c1ccc(F)c(F)c1. The fraction of sp³-hybridized carbons (Fsp3) is 0.538. The van der Waals surface area contributed by atoms with Crippen LogP contribution in [0.2, 0.25) is 0 Å². The summed E-state index contributed by atoms with van der Waals surface area (Å²) in [4.78, 5) is -0.310. The van der Waals surface area contributed by atoms with E-state index in [0.29, 0.717) is 12.5 Å². The Hall–Kier alpha value is -1.05. The van der Waals surface area contributed by atoms with E-state index in [1.807, 2.05) is 6.92 Å². The van der Waals surface area contributed by atoms with Crippen molar-refractivity contribution in [2.24, 2.45) is 5.92 Å². The maximum atomic E-state index is 13.0. The molecule has 0 aliphatic heterocycles. The van der Waals surface area contributed by atoms with Gasteiger partial charge in [0.05, 0.1) is 4.90 Å². The number of hydrogen-bond donors (Lipinski definition) is 2. The molecule has 1 rings (SSSR count). The van der Waals surface area contributed by atoms with Crippen molar-refractivity contribution >= 4 is 10.0 Å². The van der Waals surface area contributed by atoms with Crippen molar-refractivity contribution in [3.8, 4) is 0 Å². The van der Waals surface area contributed by atoms with Gasteiger partial charge in [-0.1, -0.05) is 13.3 Å². The van der Waals surface area contributed by atoms with E-state index in [-0.39, 0.29) is 24.0 Å². The van der Waals surface area contributed by atoms with Gasteiger partial charge < -0.3 is 5.11 Å². The molecule has 0 amide bonds. The maximum absolute atomic E-state index is 13.0. The quantitative estimate of drug-likeness (QED) is 0.772. The maximum Gasteiger partial charge on any atom is 0.240 e. The fourth-order valence-electron chi connectivity index (χ4n) is 1.89. The standard InChI is InChI=1S/C13H19F2NO3S/c1-2-3-10(6-7-17)9-16-20(18,19)11-4-5-12(14)13(15)8-11/h4-5,8,10,16-17H,2-3,6-7,9H2,1H3.